The van der Waals surface area contributed by atoms with E-state index in [0.717, 1.165) is 23.5 Å². The van der Waals surface area contributed by atoms with Crippen molar-refractivity contribution in [1.29, 1.82) is 0 Å². The molecule has 1 aromatic carbocycles. The van der Waals surface area contributed by atoms with E-state index in [4.69, 9.17) is 4.74 Å². The lowest BCUT2D eigenvalue weighted by Crippen LogP contribution is -2.36. The number of aromatic hydroxyl groups is 1. The average molecular weight is 389 g/mol. The van der Waals surface area contributed by atoms with Crippen LogP contribution in [0.5, 0.6) is 11.5 Å². The Morgan fingerprint density at radius 2 is 2.00 bits per heavy atom. The number of thioether (sulfide) groups is 1. The number of hydrogen-bond acceptors (Lipinski definition) is 3. The van der Waals surface area contributed by atoms with E-state index in [2.05, 4.69) is 47.6 Å². The lowest BCUT2D eigenvalue weighted by molar-refractivity contribution is 0.151. The summed E-state index contributed by atoms with van der Waals surface area (Å²) >= 11 is 1.90. The van der Waals surface area contributed by atoms with Gasteiger partial charge in [-0.3, -0.25) is 0 Å². The molecule has 27 heavy (non-hydrogen) atoms. The zero-order chi connectivity index (χ0) is 19.8. The van der Waals surface area contributed by atoms with E-state index in [1.165, 1.54) is 41.7 Å². The first-order chi connectivity index (χ1) is 12.8. The standard InChI is InChI=1S/C24H36O2S/c1-7-8-9-10-15(2)17(4)18-13-19(25)22-20(14-18)26-24(5,6)23-21(22)16(3)11-12-27-23/h13-17,25H,7-12H2,1-6H3. The molecule has 0 amide bonds. The number of phenols is 1. The van der Waals surface area contributed by atoms with Gasteiger partial charge < -0.3 is 9.84 Å². The summed E-state index contributed by atoms with van der Waals surface area (Å²) in [5.74, 6) is 3.88. The second kappa shape index (κ2) is 8.11. The van der Waals surface area contributed by atoms with Crippen LogP contribution in [0.25, 0.3) is 5.57 Å². The molecule has 0 fully saturated rings. The Hall–Kier alpha value is -1.09. The maximum absolute atomic E-state index is 11.0. The summed E-state index contributed by atoms with van der Waals surface area (Å²) in [5.41, 5.74) is 3.14. The third-order valence-electron chi connectivity index (χ3n) is 6.46. The number of unbranched alkanes of at least 4 members (excludes halogenated alkanes) is 2. The quantitative estimate of drug-likeness (QED) is 0.516. The first kappa shape index (κ1) is 20.6. The SMILES string of the molecule is CCCCCC(C)C(C)c1cc(O)c2c(c1)OC(C)(C)C1=C2C(C)CCS1. The fraction of sp³-hybridized carbons (Fsp3) is 0.667. The van der Waals surface area contributed by atoms with E-state index in [9.17, 15) is 5.11 Å². The number of fused-ring (bicyclic) bond motifs is 2. The van der Waals surface area contributed by atoms with Gasteiger partial charge in [0.2, 0.25) is 0 Å². The Morgan fingerprint density at radius 3 is 2.70 bits per heavy atom. The normalized spacial score (nSPS) is 23.3. The van der Waals surface area contributed by atoms with Gasteiger partial charge in [0.15, 0.2) is 0 Å². The molecule has 0 aromatic heterocycles. The molecule has 3 unspecified atom stereocenters. The summed E-state index contributed by atoms with van der Waals surface area (Å²) in [7, 11) is 0. The van der Waals surface area contributed by atoms with Crippen LogP contribution < -0.4 is 4.74 Å². The molecular formula is C24H36O2S. The van der Waals surface area contributed by atoms with E-state index in [1.54, 1.807) is 0 Å². The van der Waals surface area contributed by atoms with Gasteiger partial charge in [0.25, 0.3) is 0 Å². The molecule has 3 rings (SSSR count). The fourth-order valence-corrected chi connectivity index (χ4v) is 6.02. The van der Waals surface area contributed by atoms with E-state index in [1.807, 2.05) is 17.8 Å². The van der Waals surface area contributed by atoms with Crippen LogP contribution in [-0.2, 0) is 0 Å². The molecule has 0 saturated heterocycles. The average Bonchev–Trinajstić information content (AvgIpc) is 2.60. The molecule has 2 heterocycles. The van der Waals surface area contributed by atoms with Crippen molar-refractivity contribution in [1.82, 2.24) is 0 Å². The third-order valence-corrected chi connectivity index (χ3v) is 7.90. The summed E-state index contributed by atoms with van der Waals surface area (Å²) < 4.78 is 6.45. The van der Waals surface area contributed by atoms with Crippen LogP contribution in [0.4, 0.5) is 0 Å². The number of hydrogen-bond donors (Lipinski definition) is 1. The van der Waals surface area contributed by atoms with E-state index < -0.39 is 0 Å². The van der Waals surface area contributed by atoms with E-state index >= 15 is 0 Å². The van der Waals surface area contributed by atoms with Crippen LogP contribution in [0.2, 0.25) is 0 Å². The highest BCUT2D eigenvalue weighted by Crippen LogP contribution is 2.54. The van der Waals surface area contributed by atoms with Gasteiger partial charge in [0.1, 0.15) is 17.1 Å². The molecule has 2 nitrogen and oxygen atoms in total. The molecule has 0 spiro atoms. The van der Waals surface area contributed by atoms with Crippen molar-refractivity contribution in [2.45, 2.75) is 85.2 Å². The molecule has 1 aromatic rings. The molecule has 3 heteroatoms. The zero-order valence-corrected chi connectivity index (χ0v) is 18.7. The lowest BCUT2D eigenvalue weighted by atomic mass is 9.81. The second-order valence-electron chi connectivity index (χ2n) is 9.07. The molecule has 0 aliphatic carbocycles. The molecular weight excluding hydrogens is 352 g/mol. The number of ether oxygens (including phenoxy) is 1. The van der Waals surface area contributed by atoms with Crippen LogP contribution in [0.1, 0.15) is 90.7 Å². The minimum absolute atomic E-state index is 0.317. The van der Waals surface area contributed by atoms with Crippen LogP contribution in [0, 0.1) is 11.8 Å². The van der Waals surface area contributed by atoms with Gasteiger partial charge in [-0.1, -0.05) is 53.4 Å². The van der Waals surface area contributed by atoms with Crippen molar-refractivity contribution in [3.63, 3.8) is 0 Å². The first-order valence-electron chi connectivity index (χ1n) is 10.7. The highest BCUT2D eigenvalue weighted by Gasteiger charge is 2.40. The third kappa shape index (κ3) is 4.04. The van der Waals surface area contributed by atoms with E-state index in [-0.39, 0.29) is 5.60 Å². The van der Waals surface area contributed by atoms with Crippen molar-refractivity contribution < 1.29 is 9.84 Å². The maximum atomic E-state index is 11.0. The molecule has 0 bridgehead atoms. The monoisotopic (exact) mass is 388 g/mol. The Kier molecular flexibility index (Phi) is 6.20. The molecule has 150 valence electrons. The molecule has 2 aliphatic rings. The molecule has 0 radical (unpaired) electrons. The fourth-order valence-electron chi connectivity index (χ4n) is 4.49. The van der Waals surface area contributed by atoms with Crippen LogP contribution in [0.15, 0.2) is 17.0 Å². The van der Waals surface area contributed by atoms with Gasteiger partial charge in [0, 0.05) is 4.91 Å². The Bertz CT molecular complexity index is 719. The van der Waals surface area contributed by atoms with Gasteiger partial charge in [-0.2, -0.15) is 0 Å². The number of rotatable bonds is 6. The number of benzene rings is 1. The predicted molar refractivity (Wildman–Crippen MR) is 118 cm³/mol. The van der Waals surface area contributed by atoms with Crippen LogP contribution >= 0.6 is 11.8 Å². The van der Waals surface area contributed by atoms with Gasteiger partial charge in [-0.25, -0.2) is 0 Å². The van der Waals surface area contributed by atoms with E-state index in [0.29, 0.717) is 23.5 Å². The first-order valence-corrected chi connectivity index (χ1v) is 11.7. The molecule has 0 saturated carbocycles. The topological polar surface area (TPSA) is 29.5 Å². The van der Waals surface area contributed by atoms with Gasteiger partial charge in [-0.05, 0) is 67.0 Å². The summed E-state index contributed by atoms with van der Waals surface area (Å²) in [4.78, 5) is 1.30. The summed E-state index contributed by atoms with van der Waals surface area (Å²) in [5, 5.41) is 11.0. The van der Waals surface area contributed by atoms with Gasteiger partial charge in [-0.15, -0.1) is 11.8 Å². The molecule has 2 aliphatic heterocycles. The molecule has 1 N–H and O–H groups in total. The maximum Gasteiger partial charge on any atom is 0.134 e. The van der Waals surface area contributed by atoms with Gasteiger partial charge >= 0.3 is 0 Å². The number of allylic oxidation sites excluding steroid dienone is 1. The summed E-state index contributed by atoms with van der Waals surface area (Å²) in [6, 6.07) is 4.20. The Morgan fingerprint density at radius 1 is 1.26 bits per heavy atom. The largest absolute Gasteiger partial charge is 0.507 e. The summed E-state index contributed by atoms with van der Waals surface area (Å²) in [6.07, 6.45) is 6.24. The second-order valence-corrected chi connectivity index (χ2v) is 10.2. The predicted octanol–water partition coefficient (Wildman–Crippen LogP) is 7.37. The lowest BCUT2D eigenvalue weighted by Gasteiger charge is -2.41. The van der Waals surface area contributed by atoms with Gasteiger partial charge in [0.05, 0.1) is 5.56 Å². The van der Waals surface area contributed by atoms with Crippen molar-refractivity contribution in [2.75, 3.05) is 5.75 Å². The minimum Gasteiger partial charge on any atom is -0.507 e. The van der Waals surface area contributed by atoms with Crippen molar-refractivity contribution in [2.24, 2.45) is 11.8 Å². The van der Waals surface area contributed by atoms with Crippen molar-refractivity contribution >= 4 is 17.3 Å². The Balaban J connectivity index is 1.96. The minimum atomic E-state index is -0.317. The zero-order valence-electron chi connectivity index (χ0n) is 17.9. The highest BCUT2D eigenvalue weighted by molar-refractivity contribution is 8.03. The summed E-state index contributed by atoms with van der Waals surface area (Å²) in [6.45, 7) is 13.5. The van der Waals surface area contributed by atoms with Crippen LogP contribution in [0.3, 0.4) is 0 Å². The van der Waals surface area contributed by atoms with Crippen molar-refractivity contribution in [3.8, 4) is 11.5 Å². The highest BCUT2D eigenvalue weighted by atomic mass is 32.2. The Labute approximate surface area is 169 Å². The molecule has 3 atom stereocenters. The number of phenolic OH excluding ortho intramolecular Hbond substituents is 1. The van der Waals surface area contributed by atoms with Crippen molar-refractivity contribution in [3.05, 3.63) is 28.2 Å². The smallest absolute Gasteiger partial charge is 0.134 e. The van der Waals surface area contributed by atoms with Crippen LogP contribution in [-0.4, -0.2) is 16.5 Å².